The van der Waals surface area contributed by atoms with Crippen LogP contribution in [0, 0.1) is 0 Å². The van der Waals surface area contributed by atoms with Crippen LogP contribution in [-0.2, 0) is 79.2 Å². The van der Waals surface area contributed by atoms with E-state index in [0.29, 0.717) is 110 Å². The van der Waals surface area contributed by atoms with Crippen molar-refractivity contribution in [3.05, 3.63) is 260 Å². The van der Waals surface area contributed by atoms with Gasteiger partial charge in [0.25, 0.3) is 0 Å². The molecular formula is C84H86Cl6N8O20. The molecule has 118 heavy (non-hydrogen) atoms. The Kier molecular flexibility index (Phi) is 35.8. The number of pyridine rings is 4. The Morgan fingerprint density at radius 3 is 0.737 bits per heavy atom. The van der Waals surface area contributed by atoms with Gasteiger partial charge in [0.05, 0.1) is 22.3 Å². The average molecular weight is 1740 g/mol. The molecule has 4 amide bonds. The second-order valence-corrected chi connectivity index (χ2v) is 28.5. The third kappa shape index (κ3) is 22.4. The number of esters is 4. The van der Waals surface area contributed by atoms with Crippen LogP contribution in [0.5, 0.6) is 0 Å². The van der Waals surface area contributed by atoms with Crippen molar-refractivity contribution in [3.63, 3.8) is 0 Å². The summed E-state index contributed by atoms with van der Waals surface area (Å²) in [6.07, 6.45) is 17.8. The number of rotatable bonds is 20. The van der Waals surface area contributed by atoms with E-state index in [1.807, 2.05) is 0 Å². The summed E-state index contributed by atoms with van der Waals surface area (Å²) in [4.78, 5) is 171. The van der Waals surface area contributed by atoms with Gasteiger partial charge in [0.15, 0.2) is 23.1 Å². The molecule has 4 aliphatic rings. The third-order valence-corrected chi connectivity index (χ3v) is 21.7. The van der Waals surface area contributed by atoms with E-state index in [9.17, 15) is 57.5 Å². The van der Waals surface area contributed by atoms with E-state index in [1.165, 1.54) is 140 Å². The Morgan fingerprint density at radius 1 is 0.297 bits per heavy atom. The number of likely N-dealkylation sites (N-methyl/N-ethyl adjacent to an activating group) is 4. The topological polar surface area (TPSA) is 343 Å². The first-order valence-corrected chi connectivity index (χ1v) is 38.4. The fourth-order valence-corrected chi connectivity index (χ4v) is 15.5. The first-order valence-electron chi connectivity index (χ1n) is 36.9. The van der Waals surface area contributed by atoms with Crippen LogP contribution in [0.4, 0.5) is 19.2 Å². The van der Waals surface area contributed by atoms with E-state index >= 15 is 0 Å². The molecule has 4 aromatic heterocycles. The molecule has 8 aromatic rings. The van der Waals surface area contributed by atoms with E-state index in [2.05, 4.69) is 19.9 Å². The monoisotopic (exact) mass is 1740 g/mol. The number of ketones is 4. The summed E-state index contributed by atoms with van der Waals surface area (Å²) in [6.45, 7) is -2.30. The Hall–Kier alpha value is -11.1. The fraction of sp³-hybridized carbons (Fsp3) is 0.333. The highest BCUT2D eigenvalue weighted by molar-refractivity contribution is 6.33. The minimum Gasteiger partial charge on any atom is -0.424 e. The van der Waals surface area contributed by atoms with Crippen LogP contribution in [0.25, 0.3) is 0 Å². The van der Waals surface area contributed by atoms with E-state index in [1.54, 1.807) is 103 Å². The zero-order valence-electron chi connectivity index (χ0n) is 64.7. The van der Waals surface area contributed by atoms with Crippen molar-refractivity contribution in [1.29, 1.82) is 0 Å². The molecule has 0 aliphatic heterocycles. The van der Waals surface area contributed by atoms with Gasteiger partial charge in [-0.2, -0.15) is 0 Å². The number of benzene rings is 4. The summed E-state index contributed by atoms with van der Waals surface area (Å²) >= 11 is 25.5. The molecule has 4 saturated carbocycles. The normalized spacial score (nSPS) is 18.4. The van der Waals surface area contributed by atoms with Crippen molar-refractivity contribution in [2.45, 2.75) is 125 Å². The SMILES string of the molecule is CN(C(=O)OCOC(=O)c1cccnc1)C1(c2ccccc2Cl)CCCCC1=O.CN(C(=O)OCOC(=O)c1ccncc1)C1(c2ccccc2Cl)CCCCC1=O.CN(C(=O)OCOC(=O)c1ccncc1)[C@@]1(c2ccccc2Cl)CCCCC1=O.CN(C(=O)OCOC(=O)c1ccncc1)[C@]1(c2ccccc2Cl)CCCCC1=O.Cl.Cl. The Morgan fingerprint density at radius 2 is 0.525 bits per heavy atom. The van der Waals surface area contributed by atoms with Gasteiger partial charge in [0, 0.05) is 146 Å². The number of nitrogens with zero attached hydrogens (tertiary/aromatic N) is 8. The highest BCUT2D eigenvalue weighted by Gasteiger charge is 2.53. The van der Waals surface area contributed by atoms with Crippen molar-refractivity contribution in [2.24, 2.45) is 0 Å². The predicted molar refractivity (Wildman–Crippen MR) is 436 cm³/mol. The number of aromatic nitrogens is 4. The second-order valence-electron chi connectivity index (χ2n) is 26.9. The van der Waals surface area contributed by atoms with Crippen LogP contribution in [0.15, 0.2) is 195 Å². The van der Waals surface area contributed by atoms with Gasteiger partial charge in [-0.3, -0.25) is 58.7 Å². The maximum Gasteiger partial charge on any atom is 0.413 e. The van der Waals surface area contributed by atoms with Crippen LogP contribution >= 0.6 is 71.2 Å². The summed E-state index contributed by atoms with van der Waals surface area (Å²) in [5, 5.41) is 1.63. The number of Topliss-reactive ketones (excluding diaryl/α,β-unsaturated/α-hetero) is 4. The van der Waals surface area contributed by atoms with E-state index < -0.39 is 97.6 Å². The summed E-state index contributed by atoms with van der Waals surface area (Å²) in [5.74, 6) is -2.96. The zero-order chi connectivity index (χ0) is 83.4. The van der Waals surface area contributed by atoms with Gasteiger partial charge in [-0.25, -0.2) is 38.4 Å². The summed E-state index contributed by atoms with van der Waals surface area (Å²) < 4.78 is 40.4. The smallest absolute Gasteiger partial charge is 0.413 e. The lowest BCUT2D eigenvalue weighted by Crippen LogP contribution is -2.54. The zero-order valence-corrected chi connectivity index (χ0v) is 69.3. The fourth-order valence-electron chi connectivity index (χ4n) is 14.3. The molecule has 4 atom stereocenters. The molecule has 0 saturated heterocycles. The molecule has 0 N–H and O–H groups in total. The van der Waals surface area contributed by atoms with Gasteiger partial charge < -0.3 is 37.9 Å². The van der Waals surface area contributed by atoms with Crippen molar-refractivity contribution >= 4 is 143 Å². The predicted octanol–water partition coefficient (Wildman–Crippen LogP) is 16.7. The van der Waals surface area contributed by atoms with Crippen molar-refractivity contribution in [1.82, 2.24) is 39.5 Å². The molecule has 4 aromatic carbocycles. The molecule has 0 bridgehead atoms. The third-order valence-electron chi connectivity index (χ3n) is 20.4. The number of amides is 4. The molecule has 0 spiro atoms. The van der Waals surface area contributed by atoms with Crippen molar-refractivity contribution in [3.8, 4) is 0 Å². The van der Waals surface area contributed by atoms with Crippen LogP contribution in [0.2, 0.25) is 20.1 Å². The van der Waals surface area contributed by atoms with Gasteiger partial charge in [0.2, 0.25) is 27.2 Å². The molecule has 12 rings (SSSR count). The van der Waals surface area contributed by atoms with Crippen LogP contribution in [0.3, 0.4) is 0 Å². The van der Waals surface area contributed by atoms with Gasteiger partial charge in [0.1, 0.15) is 22.2 Å². The van der Waals surface area contributed by atoms with Gasteiger partial charge in [-0.15, -0.1) is 24.8 Å². The average Bonchev–Trinajstić information content (AvgIpc) is 0.770. The molecule has 28 nitrogen and oxygen atoms in total. The van der Waals surface area contributed by atoms with E-state index in [0.717, 1.165) is 51.4 Å². The van der Waals surface area contributed by atoms with E-state index in [4.69, 9.17) is 84.3 Å². The lowest BCUT2D eigenvalue weighted by molar-refractivity contribution is -0.134. The molecule has 4 fully saturated rings. The first kappa shape index (κ1) is 94.0. The number of halogens is 6. The highest BCUT2D eigenvalue weighted by Crippen LogP contribution is 2.47. The molecule has 34 heteroatoms. The Labute approximate surface area is 713 Å². The highest BCUT2D eigenvalue weighted by atomic mass is 35.5. The first-order chi connectivity index (χ1) is 55.9. The number of hydrogen-bond acceptors (Lipinski definition) is 24. The molecule has 2 unspecified atom stereocenters. The Bertz CT molecular complexity index is 4220. The van der Waals surface area contributed by atoms with Crippen LogP contribution in [-0.4, -0.2) is 166 Å². The van der Waals surface area contributed by atoms with Gasteiger partial charge in [-0.1, -0.05) is 119 Å². The molecular weight excluding hydrogens is 1650 g/mol. The number of ether oxygens (including phenoxy) is 8. The Balaban J connectivity index is 0.000000216. The number of carbonyl (C=O) groups excluding carboxylic acids is 12. The van der Waals surface area contributed by atoms with Crippen LogP contribution in [0.1, 0.15) is 166 Å². The largest absolute Gasteiger partial charge is 0.424 e. The lowest BCUT2D eigenvalue weighted by Gasteiger charge is -2.43. The van der Waals surface area contributed by atoms with Crippen molar-refractivity contribution < 1.29 is 95.4 Å². The number of carbonyl (C=O) groups is 12. The molecule has 4 aliphatic carbocycles. The summed E-state index contributed by atoms with van der Waals surface area (Å²) in [7, 11) is 6.00. The molecule has 624 valence electrons. The quantitative estimate of drug-likeness (QED) is 0.0388. The number of hydrogen-bond donors (Lipinski definition) is 0. The molecule has 0 radical (unpaired) electrons. The maximum atomic E-state index is 13.0. The minimum atomic E-state index is -1.21. The maximum absolute atomic E-state index is 13.0. The van der Waals surface area contributed by atoms with E-state index in [-0.39, 0.29) is 53.5 Å². The van der Waals surface area contributed by atoms with Crippen molar-refractivity contribution in [2.75, 3.05) is 55.4 Å². The lowest BCUT2D eigenvalue weighted by atomic mass is 9.74. The van der Waals surface area contributed by atoms with Gasteiger partial charge >= 0.3 is 48.3 Å². The van der Waals surface area contributed by atoms with Crippen LogP contribution < -0.4 is 0 Å². The molecule has 4 heterocycles. The second kappa shape index (κ2) is 45.0. The summed E-state index contributed by atoms with van der Waals surface area (Å²) in [6, 6.07) is 40.0. The standard InChI is InChI=1S/4C21H21ClN2O5.2ClH/c1-24(20(27)29-14-28-19(26)15-7-6-12-23-13-15)21(11-5-4-10-18(21)25)16-8-2-3-9-17(16)22;3*1-24(20(27)29-14-28-19(26)15-9-12-23-13-10-15)21(11-5-4-8-18(21)25)16-6-2-3-7-17(16)22;;/h2-3,6-9,12-13H,4-5,10-11,14H2,1H3;3*2-3,6-7,9-10,12-13H,4-5,8,11,14H2,1H3;2*1H/t;2*21-;;;/m.10.../s1. The minimum absolute atomic E-state index is 0. The summed E-state index contributed by atoms with van der Waals surface area (Å²) in [5.41, 5.74) is -1.43. The van der Waals surface area contributed by atoms with Gasteiger partial charge in [-0.05, 0) is 150 Å².